The number of rotatable bonds is 8. The van der Waals surface area contributed by atoms with Gasteiger partial charge >= 0.3 is 0 Å². The van der Waals surface area contributed by atoms with Crippen molar-refractivity contribution in [3.63, 3.8) is 0 Å². The van der Waals surface area contributed by atoms with Crippen LogP contribution in [-0.2, 0) is 0 Å². The van der Waals surface area contributed by atoms with Crippen LogP contribution in [-0.4, -0.2) is 31.1 Å². The van der Waals surface area contributed by atoms with Crippen LogP contribution in [0.5, 0.6) is 5.75 Å². The molecule has 0 fully saturated rings. The minimum absolute atomic E-state index is 0.0132. The van der Waals surface area contributed by atoms with E-state index in [0.29, 0.717) is 6.61 Å². The SMILES string of the molecule is CCCN(CC)CC(N)c1ccccc1OCC. The maximum absolute atomic E-state index is 6.31. The minimum Gasteiger partial charge on any atom is -0.494 e. The van der Waals surface area contributed by atoms with Gasteiger partial charge in [0.15, 0.2) is 0 Å². The smallest absolute Gasteiger partial charge is 0.124 e. The van der Waals surface area contributed by atoms with Crippen molar-refractivity contribution in [3.05, 3.63) is 29.8 Å². The molecule has 18 heavy (non-hydrogen) atoms. The van der Waals surface area contributed by atoms with Gasteiger partial charge in [0.25, 0.3) is 0 Å². The Balaban J connectivity index is 2.73. The molecule has 0 saturated heterocycles. The quantitative estimate of drug-likeness (QED) is 0.771. The molecule has 0 spiro atoms. The zero-order valence-electron chi connectivity index (χ0n) is 11.9. The molecule has 3 nitrogen and oxygen atoms in total. The van der Waals surface area contributed by atoms with E-state index in [-0.39, 0.29) is 6.04 Å². The van der Waals surface area contributed by atoms with Crippen LogP contribution in [0.3, 0.4) is 0 Å². The second-order valence-electron chi connectivity index (χ2n) is 4.47. The van der Waals surface area contributed by atoms with E-state index in [1.165, 1.54) is 0 Å². The highest BCUT2D eigenvalue weighted by Gasteiger charge is 2.14. The van der Waals surface area contributed by atoms with Gasteiger partial charge in [-0.25, -0.2) is 0 Å². The fourth-order valence-electron chi connectivity index (χ4n) is 2.15. The first kappa shape index (κ1) is 15.0. The van der Waals surface area contributed by atoms with Crippen molar-refractivity contribution in [2.75, 3.05) is 26.2 Å². The molecule has 0 aliphatic heterocycles. The molecule has 0 saturated carbocycles. The van der Waals surface area contributed by atoms with Crippen LogP contribution >= 0.6 is 0 Å². The molecule has 0 radical (unpaired) electrons. The number of para-hydroxylation sites is 1. The average Bonchev–Trinajstić information content (AvgIpc) is 2.39. The second kappa shape index (κ2) is 8.11. The molecule has 0 aliphatic carbocycles. The third-order valence-corrected chi connectivity index (χ3v) is 3.06. The lowest BCUT2D eigenvalue weighted by molar-refractivity contribution is 0.266. The van der Waals surface area contributed by atoms with Crippen molar-refractivity contribution in [2.24, 2.45) is 5.73 Å². The van der Waals surface area contributed by atoms with Crippen LogP contribution in [0, 0.1) is 0 Å². The van der Waals surface area contributed by atoms with Crippen LogP contribution in [0.2, 0.25) is 0 Å². The van der Waals surface area contributed by atoms with Crippen LogP contribution in [0.1, 0.15) is 38.8 Å². The molecule has 0 amide bonds. The van der Waals surface area contributed by atoms with Crippen molar-refractivity contribution >= 4 is 0 Å². The van der Waals surface area contributed by atoms with E-state index in [9.17, 15) is 0 Å². The van der Waals surface area contributed by atoms with Gasteiger partial charge in [0.1, 0.15) is 5.75 Å². The number of nitrogens with zero attached hydrogens (tertiary/aromatic N) is 1. The Kier molecular flexibility index (Phi) is 6.76. The molecule has 0 bridgehead atoms. The van der Waals surface area contributed by atoms with Crippen molar-refractivity contribution in [1.29, 1.82) is 0 Å². The monoisotopic (exact) mass is 250 g/mol. The van der Waals surface area contributed by atoms with E-state index in [1.807, 2.05) is 25.1 Å². The maximum Gasteiger partial charge on any atom is 0.124 e. The molecule has 1 aromatic rings. The first-order chi connectivity index (χ1) is 8.72. The summed E-state index contributed by atoms with van der Waals surface area (Å²) in [5.41, 5.74) is 7.42. The number of hydrogen-bond donors (Lipinski definition) is 1. The molecule has 0 heterocycles. The van der Waals surface area contributed by atoms with Crippen LogP contribution in [0.25, 0.3) is 0 Å². The zero-order chi connectivity index (χ0) is 13.4. The van der Waals surface area contributed by atoms with Gasteiger partial charge in [-0.2, -0.15) is 0 Å². The molecule has 0 aromatic heterocycles. The Labute approximate surface area is 111 Å². The van der Waals surface area contributed by atoms with Crippen molar-refractivity contribution in [2.45, 2.75) is 33.2 Å². The van der Waals surface area contributed by atoms with Gasteiger partial charge in [-0.3, -0.25) is 0 Å². The first-order valence-corrected chi connectivity index (χ1v) is 6.92. The van der Waals surface area contributed by atoms with Crippen molar-refractivity contribution in [1.82, 2.24) is 4.90 Å². The first-order valence-electron chi connectivity index (χ1n) is 6.92. The lowest BCUT2D eigenvalue weighted by Crippen LogP contribution is -2.32. The van der Waals surface area contributed by atoms with Gasteiger partial charge in [-0.1, -0.05) is 32.0 Å². The van der Waals surface area contributed by atoms with Gasteiger partial charge < -0.3 is 15.4 Å². The van der Waals surface area contributed by atoms with E-state index in [0.717, 1.165) is 37.4 Å². The normalized spacial score (nSPS) is 12.7. The lowest BCUT2D eigenvalue weighted by Gasteiger charge is -2.25. The fraction of sp³-hybridized carbons (Fsp3) is 0.600. The third-order valence-electron chi connectivity index (χ3n) is 3.06. The van der Waals surface area contributed by atoms with E-state index in [2.05, 4.69) is 24.8 Å². The van der Waals surface area contributed by atoms with E-state index >= 15 is 0 Å². The number of ether oxygens (including phenoxy) is 1. The van der Waals surface area contributed by atoms with Crippen LogP contribution < -0.4 is 10.5 Å². The molecule has 102 valence electrons. The molecule has 0 aliphatic rings. The average molecular weight is 250 g/mol. The fourth-order valence-corrected chi connectivity index (χ4v) is 2.15. The standard InChI is InChI=1S/C15H26N2O/c1-4-11-17(5-2)12-14(16)13-9-7-8-10-15(13)18-6-3/h7-10,14H,4-6,11-12,16H2,1-3H3. The predicted octanol–water partition coefficient (Wildman–Crippen LogP) is 2.82. The summed E-state index contributed by atoms with van der Waals surface area (Å²) in [7, 11) is 0. The van der Waals surface area contributed by atoms with Gasteiger partial charge in [0.2, 0.25) is 0 Å². The van der Waals surface area contributed by atoms with Crippen molar-refractivity contribution < 1.29 is 4.74 Å². The number of hydrogen-bond acceptors (Lipinski definition) is 3. The highest BCUT2D eigenvalue weighted by molar-refractivity contribution is 5.35. The molecule has 1 rings (SSSR count). The van der Waals surface area contributed by atoms with Crippen LogP contribution in [0.4, 0.5) is 0 Å². The lowest BCUT2D eigenvalue weighted by atomic mass is 10.1. The number of benzene rings is 1. The zero-order valence-corrected chi connectivity index (χ0v) is 11.9. The van der Waals surface area contributed by atoms with E-state index in [1.54, 1.807) is 0 Å². The summed E-state index contributed by atoms with van der Waals surface area (Å²) in [6.07, 6.45) is 1.16. The minimum atomic E-state index is 0.0132. The number of likely N-dealkylation sites (N-methyl/N-ethyl adjacent to an activating group) is 1. The Morgan fingerprint density at radius 1 is 1.22 bits per heavy atom. The molecule has 1 aromatic carbocycles. The van der Waals surface area contributed by atoms with Gasteiger partial charge in [-0.15, -0.1) is 0 Å². The molecule has 1 atom stereocenters. The largest absolute Gasteiger partial charge is 0.494 e. The Morgan fingerprint density at radius 3 is 2.56 bits per heavy atom. The second-order valence-corrected chi connectivity index (χ2v) is 4.47. The summed E-state index contributed by atoms with van der Waals surface area (Å²) in [5.74, 6) is 0.917. The van der Waals surface area contributed by atoms with Crippen molar-refractivity contribution in [3.8, 4) is 5.75 Å². The number of nitrogens with two attached hydrogens (primary N) is 1. The molecule has 2 N–H and O–H groups in total. The topological polar surface area (TPSA) is 38.5 Å². The summed E-state index contributed by atoms with van der Waals surface area (Å²) in [6.45, 7) is 10.1. The Morgan fingerprint density at radius 2 is 1.94 bits per heavy atom. The van der Waals surface area contributed by atoms with Crippen LogP contribution in [0.15, 0.2) is 24.3 Å². The van der Waals surface area contributed by atoms with E-state index in [4.69, 9.17) is 10.5 Å². The highest BCUT2D eigenvalue weighted by Crippen LogP contribution is 2.24. The molecule has 3 heteroatoms. The Hall–Kier alpha value is -1.06. The van der Waals surface area contributed by atoms with Gasteiger partial charge in [0.05, 0.1) is 6.61 Å². The van der Waals surface area contributed by atoms with Gasteiger partial charge in [-0.05, 0) is 32.5 Å². The van der Waals surface area contributed by atoms with Gasteiger partial charge in [0, 0.05) is 18.2 Å². The summed E-state index contributed by atoms with van der Waals surface area (Å²) in [5, 5.41) is 0. The summed E-state index contributed by atoms with van der Waals surface area (Å²) < 4.78 is 5.63. The van der Waals surface area contributed by atoms with E-state index < -0.39 is 0 Å². The third kappa shape index (κ3) is 4.31. The molecule has 1 unspecified atom stereocenters. The highest BCUT2D eigenvalue weighted by atomic mass is 16.5. The predicted molar refractivity (Wildman–Crippen MR) is 76.9 cm³/mol. The Bertz CT molecular complexity index is 341. The summed E-state index contributed by atoms with van der Waals surface area (Å²) in [6, 6.07) is 8.09. The molecular formula is C15H26N2O. The summed E-state index contributed by atoms with van der Waals surface area (Å²) in [4.78, 5) is 2.38. The summed E-state index contributed by atoms with van der Waals surface area (Å²) >= 11 is 0. The molecular weight excluding hydrogens is 224 g/mol. The maximum atomic E-state index is 6.31.